The first kappa shape index (κ1) is 23.5. The highest BCUT2D eigenvalue weighted by atomic mass is 16.6. The van der Waals surface area contributed by atoms with Crippen LogP contribution in [0.15, 0.2) is 88.8 Å². The van der Waals surface area contributed by atoms with Crippen molar-refractivity contribution >= 4 is 11.9 Å². The molecule has 1 aliphatic heterocycles. The third-order valence-corrected chi connectivity index (χ3v) is 6.92. The van der Waals surface area contributed by atoms with Crippen molar-refractivity contribution in [1.29, 1.82) is 0 Å². The highest BCUT2D eigenvalue weighted by molar-refractivity contribution is 5.64. The number of benzene rings is 1. The van der Waals surface area contributed by atoms with E-state index < -0.39 is 4.92 Å². The first-order chi connectivity index (χ1) is 18.5. The molecule has 0 amide bonds. The number of aromatic nitrogens is 4. The van der Waals surface area contributed by atoms with E-state index in [4.69, 9.17) is 14.5 Å². The third-order valence-electron chi connectivity index (χ3n) is 6.92. The lowest BCUT2D eigenvalue weighted by Gasteiger charge is -2.21. The van der Waals surface area contributed by atoms with Crippen molar-refractivity contribution in [3.8, 4) is 11.1 Å². The number of nitro groups is 1. The second-order valence-corrected chi connectivity index (χ2v) is 9.27. The first-order valence-corrected chi connectivity index (χ1v) is 12.3. The van der Waals surface area contributed by atoms with Crippen molar-refractivity contribution in [2.45, 2.75) is 25.8 Å². The van der Waals surface area contributed by atoms with Crippen LogP contribution in [-0.2, 0) is 0 Å². The molecule has 4 aromatic heterocycles. The zero-order valence-electron chi connectivity index (χ0n) is 20.9. The Morgan fingerprint density at radius 3 is 2.53 bits per heavy atom. The molecule has 5 aromatic rings. The van der Waals surface area contributed by atoms with Crippen LogP contribution in [0.4, 0.5) is 5.82 Å². The van der Waals surface area contributed by atoms with E-state index in [2.05, 4.69) is 39.1 Å². The number of fused-ring (bicyclic) bond motifs is 1. The van der Waals surface area contributed by atoms with Crippen LogP contribution in [0, 0.1) is 24.0 Å². The summed E-state index contributed by atoms with van der Waals surface area (Å²) in [6, 6.07) is 19.0. The number of hydrogen-bond donors (Lipinski definition) is 0. The molecule has 0 saturated carbocycles. The van der Waals surface area contributed by atoms with Gasteiger partial charge in [-0.3, -0.25) is 9.98 Å². The maximum atomic E-state index is 11.2. The fourth-order valence-corrected chi connectivity index (χ4v) is 5.21. The normalized spacial score (nSPS) is 15.3. The van der Waals surface area contributed by atoms with Crippen LogP contribution in [0.3, 0.4) is 0 Å². The molecule has 2 atom stereocenters. The number of aryl methyl sites for hydroxylation is 2. The number of hydrogen-bond acceptors (Lipinski definition) is 7. The van der Waals surface area contributed by atoms with Gasteiger partial charge in [0.2, 0.25) is 0 Å². The molecule has 188 valence electrons. The maximum Gasteiger partial charge on any atom is 0.363 e. The summed E-state index contributed by atoms with van der Waals surface area (Å²) in [6.45, 7) is 4.40. The quantitative estimate of drug-likeness (QED) is 0.252. The Bertz CT molecular complexity index is 1680. The monoisotopic (exact) mass is 504 g/mol. The average Bonchev–Trinajstić information content (AvgIpc) is 3.49. The number of nitrogens with zero attached hydrogens (tertiary/aromatic N) is 6. The van der Waals surface area contributed by atoms with E-state index in [1.165, 1.54) is 12.3 Å². The van der Waals surface area contributed by atoms with E-state index in [0.717, 1.165) is 50.1 Å². The summed E-state index contributed by atoms with van der Waals surface area (Å²) in [7, 11) is 0. The van der Waals surface area contributed by atoms with E-state index >= 15 is 0 Å². The predicted molar refractivity (Wildman–Crippen MR) is 141 cm³/mol. The van der Waals surface area contributed by atoms with Crippen LogP contribution >= 0.6 is 0 Å². The largest absolute Gasteiger partial charge is 0.363 e. The Morgan fingerprint density at radius 1 is 1.05 bits per heavy atom. The highest BCUT2D eigenvalue weighted by Gasteiger charge is 2.26. The molecule has 0 fully saturated rings. The number of rotatable bonds is 6. The van der Waals surface area contributed by atoms with Gasteiger partial charge in [0.25, 0.3) is 0 Å². The maximum absolute atomic E-state index is 11.2. The fourth-order valence-electron chi connectivity index (χ4n) is 5.21. The molecule has 1 aliphatic rings. The molecule has 9 nitrogen and oxygen atoms in total. The van der Waals surface area contributed by atoms with Crippen LogP contribution in [0.2, 0.25) is 0 Å². The zero-order chi connectivity index (χ0) is 26.2. The van der Waals surface area contributed by atoms with Crippen molar-refractivity contribution in [3.63, 3.8) is 0 Å². The molecule has 1 unspecified atom stereocenters. The minimum atomic E-state index is -0.497. The van der Waals surface area contributed by atoms with Crippen molar-refractivity contribution in [1.82, 2.24) is 19.7 Å². The topological polar surface area (TPSA) is 112 Å². The minimum Gasteiger partial charge on any atom is -0.361 e. The van der Waals surface area contributed by atoms with Gasteiger partial charge in [-0.25, -0.2) is 0 Å². The lowest BCUT2D eigenvalue weighted by molar-refractivity contribution is -0.389. The van der Waals surface area contributed by atoms with Gasteiger partial charge in [0.15, 0.2) is 0 Å². The summed E-state index contributed by atoms with van der Waals surface area (Å²) >= 11 is 0. The minimum absolute atomic E-state index is 0.00890. The van der Waals surface area contributed by atoms with Gasteiger partial charge in [0.05, 0.1) is 28.6 Å². The van der Waals surface area contributed by atoms with Gasteiger partial charge < -0.3 is 19.2 Å². The Labute approximate surface area is 218 Å². The van der Waals surface area contributed by atoms with Gasteiger partial charge in [0.1, 0.15) is 18.0 Å². The molecule has 0 N–H and O–H groups in total. The molecular formula is C29H24N6O3. The summed E-state index contributed by atoms with van der Waals surface area (Å²) in [5, 5.41) is 17.1. The van der Waals surface area contributed by atoms with Crippen molar-refractivity contribution < 1.29 is 9.45 Å². The summed E-state index contributed by atoms with van der Waals surface area (Å²) < 4.78 is 7.66. The van der Waals surface area contributed by atoms with E-state index in [9.17, 15) is 10.1 Å². The van der Waals surface area contributed by atoms with Gasteiger partial charge >= 0.3 is 5.82 Å². The molecule has 9 heteroatoms. The molecule has 6 rings (SSSR count). The first-order valence-electron chi connectivity index (χ1n) is 12.3. The van der Waals surface area contributed by atoms with Crippen LogP contribution in [0.5, 0.6) is 0 Å². The molecule has 0 bridgehead atoms. The lowest BCUT2D eigenvalue weighted by Crippen LogP contribution is -2.37. The van der Waals surface area contributed by atoms with Gasteiger partial charge in [-0.1, -0.05) is 41.6 Å². The van der Waals surface area contributed by atoms with Crippen LogP contribution in [0.1, 0.15) is 40.2 Å². The van der Waals surface area contributed by atoms with Gasteiger partial charge in [-0.15, -0.1) is 0 Å². The van der Waals surface area contributed by atoms with Gasteiger partial charge in [-0.2, -0.15) is 0 Å². The van der Waals surface area contributed by atoms with E-state index in [1.54, 1.807) is 12.3 Å². The molecule has 0 radical (unpaired) electrons. The SMILES string of the molecule is Cc1noc(C)c1C1C=c2c(c(-c3ccc([N+](=O)[O-])nc3)cn2[C@H](c2ccccc2)c2ccccn2)=NC1. The molecule has 1 aromatic carbocycles. The number of pyridine rings is 2. The fraction of sp³-hybridized carbons (Fsp3) is 0.172. The van der Waals surface area contributed by atoms with Crippen LogP contribution in [0.25, 0.3) is 17.2 Å². The van der Waals surface area contributed by atoms with Crippen molar-refractivity contribution in [2.24, 2.45) is 4.99 Å². The molecule has 0 spiro atoms. The molecule has 0 aliphatic carbocycles. The predicted octanol–water partition coefficient (Wildman–Crippen LogP) is 4.29. The zero-order valence-corrected chi connectivity index (χ0v) is 20.9. The summed E-state index contributed by atoms with van der Waals surface area (Å²) in [5.41, 5.74) is 5.46. The van der Waals surface area contributed by atoms with Gasteiger partial charge in [0, 0.05) is 41.1 Å². The standard InChI is InChI=1S/C29H24N6O3/c1-18-27(19(2)38-33-18)22-14-25-28(32-16-22)23(21-11-12-26(31-15-21)35(36)37)17-34(25)29(20-8-4-3-5-9-20)24-10-6-7-13-30-24/h3-15,17,22,29H,16H2,1-2H3/t22?,29-/m1/s1. The second kappa shape index (κ2) is 9.51. The van der Waals surface area contributed by atoms with E-state index in [1.807, 2.05) is 50.2 Å². The molecule has 5 heterocycles. The van der Waals surface area contributed by atoms with E-state index in [-0.39, 0.29) is 17.8 Å². The summed E-state index contributed by atoms with van der Waals surface area (Å²) in [6.07, 6.45) is 7.60. The Kier molecular flexibility index (Phi) is 5.88. The Balaban J connectivity index is 1.61. The lowest BCUT2D eigenvalue weighted by atomic mass is 9.95. The summed E-state index contributed by atoms with van der Waals surface area (Å²) in [4.78, 5) is 24.5. The Morgan fingerprint density at radius 2 is 1.87 bits per heavy atom. The van der Waals surface area contributed by atoms with Crippen LogP contribution in [-0.4, -0.2) is 31.2 Å². The molecular weight excluding hydrogens is 480 g/mol. The Hall–Kier alpha value is -4.92. The molecule has 0 saturated heterocycles. The molecule has 38 heavy (non-hydrogen) atoms. The highest BCUT2D eigenvalue weighted by Crippen LogP contribution is 2.29. The van der Waals surface area contributed by atoms with Crippen molar-refractivity contribution in [3.05, 3.63) is 128 Å². The second-order valence-electron chi connectivity index (χ2n) is 9.27. The van der Waals surface area contributed by atoms with E-state index in [0.29, 0.717) is 6.54 Å². The van der Waals surface area contributed by atoms with Gasteiger partial charge in [-0.05, 0) is 53.6 Å². The van der Waals surface area contributed by atoms with Crippen molar-refractivity contribution in [2.75, 3.05) is 6.54 Å². The smallest absolute Gasteiger partial charge is 0.361 e. The van der Waals surface area contributed by atoms with Crippen LogP contribution < -0.4 is 10.7 Å². The average molecular weight is 505 g/mol. The summed E-state index contributed by atoms with van der Waals surface area (Å²) in [5.74, 6) is 0.578. The third kappa shape index (κ3) is 4.07.